The minimum atomic E-state index is -0.00938. The zero-order valence-corrected chi connectivity index (χ0v) is 12.1. The second kappa shape index (κ2) is 5.09. The van der Waals surface area contributed by atoms with Crippen molar-refractivity contribution >= 4 is 32.3 Å². The highest BCUT2D eigenvalue weighted by Gasteiger charge is 2.09. The van der Waals surface area contributed by atoms with E-state index in [1.54, 1.807) is 0 Å². The Kier molecular flexibility index (Phi) is 3.07. The summed E-state index contributed by atoms with van der Waals surface area (Å²) in [6, 6.07) is 20.6. The molecular weight excluding hydrogens is 272 g/mol. The van der Waals surface area contributed by atoms with Crippen molar-refractivity contribution < 1.29 is 10.2 Å². The van der Waals surface area contributed by atoms with Crippen LogP contribution in [-0.4, -0.2) is 10.2 Å². The number of benzene rings is 4. The zero-order chi connectivity index (χ0) is 15.1. The second-order valence-corrected chi connectivity index (χ2v) is 5.61. The summed E-state index contributed by atoms with van der Waals surface area (Å²) in [4.78, 5) is 0. The monoisotopic (exact) mass is 288 g/mol. The molecule has 2 heteroatoms. The van der Waals surface area contributed by atoms with Gasteiger partial charge in [0.05, 0.1) is 13.2 Å². The first-order valence-electron chi connectivity index (χ1n) is 7.39. The van der Waals surface area contributed by atoms with Crippen molar-refractivity contribution in [3.05, 3.63) is 71.8 Å². The summed E-state index contributed by atoms with van der Waals surface area (Å²) in [5, 5.41) is 26.0. The van der Waals surface area contributed by atoms with Crippen LogP contribution in [0.4, 0.5) is 0 Å². The highest BCUT2D eigenvalue weighted by Crippen LogP contribution is 2.34. The number of hydrogen-bond acceptors (Lipinski definition) is 2. The third kappa shape index (κ3) is 1.89. The molecule has 0 fully saturated rings. The lowest BCUT2D eigenvalue weighted by atomic mass is 9.93. The summed E-state index contributed by atoms with van der Waals surface area (Å²) >= 11 is 0. The van der Waals surface area contributed by atoms with Gasteiger partial charge in [0.25, 0.3) is 0 Å². The summed E-state index contributed by atoms with van der Waals surface area (Å²) in [6.45, 7) is 0.00110. The molecule has 108 valence electrons. The van der Waals surface area contributed by atoms with Crippen molar-refractivity contribution in [3.63, 3.8) is 0 Å². The SMILES string of the molecule is OCc1ccc2c(c1)c(CO)cc1c3ccccc3ccc21. The van der Waals surface area contributed by atoms with E-state index in [1.807, 2.05) is 30.3 Å². The van der Waals surface area contributed by atoms with Crippen molar-refractivity contribution in [2.45, 2.75) is 13.2 Å². The Bertz CT molecular complexity index is 1000. The quantitative estimate of drug-likeness (QED) is 0.544. The van der Waals surface area contributed by atoms with Crippen molar-refractivity contribution in [3.8, 4) is 0 Å². The third-order valence-electron chi connectivity index (χ3n) is 4.36. The van der Waals surface area contributed by atoms with Gasteiger partial charge in [0.15, 0.2) is 0 Å². The number of rotatable bonds is 2. The first kappa shape index (κ1) is 13.3. The van der Waals surface area contributed by atoms with E-state index in [4.69, 9.17) is 0 Å². The molecule has 0 saturated heterocycles. The van der Waals surface area contributed by atoms with E-state index in [0.29, 0.717) is 0 Å². The van der Waals surface area contributed by atoms with Crippen LogP contribution in [0.5, 0.6) is 0 Å². The summed E-state index contributed by atoms with van der Waals surface area (Å²) in [7, 11) is 0. The first-order valence-corrected chi connectivity index (χ1v) is 7.39. The molecule has 4 aromatic rings. The van der Waals surface area contributed by atoms with E-state index in [-0.39, 0.29) is 13.2 Å². The maximum absolute atomic E-state index is 9.77. The lowest BCUT2D eigenvalue weighted by Crippen LogP contribution is -1.91. The fraction of sp³-hybridized carbons (Fsp3) is 0.100. The van der Waals surface area contributed by atoms with Gasteiger partial charge in [-0.15, -0.1) is 0 Å². The fourth-order valence-corrected chi connectivity index (χ4v) is 3.26. The Hall–Kier alpha value is -2.42. The zero-order valence-electron chi connectivity index (χ0n) is 12.1. The summed E-state index contributed by atoms with van der Waals surface area (Å²) < 4.78 is 0. The highest BCUT2D eigenvalue weighted by molar-refractivity contribution is 6.18. The Labute approximate surface area is 128 Å². The van der Waals surface area contributed by atoms with E-state index in [2.05, 4.69) is 30.3 Å². The van der Waals surface area contributed by atoms with Gasteiger partial charge in [0.1, 0.15) is 0 Å². The molecule has 0 aliphatic heterocycles. The lowest BCUT2D eigenvalue weighted by molar-refractivity contribution is 0.281. The van der Waals surface area contributed by atoms with Crippen LogP contribution < -0.4 is 0 Å². The topological polar surface area (TPSA) is 40.5 Å². The molecule has 4 aromatic carbocycles. The molecule has 22 heavy (non-hydrogen) atoms. The van der Waals surface area contributed by atoms with E-state index >= 15 is 0 Å². The average Bonchev–Trinajstić information content (AvgIpc) is 2.60. The molecule has 2 nitrogen and oxygen atoms in total. The number of aliphatic hydroxyl groups excluding tert-OH is 2. The molecule has 0 bridgehead atoms. The number of aliphatic hydroxyl groups is 2. The molecule has 0 saturated carbocycles. The van der Waals surface area contributed by atoms with Gasteiger partial charge in [-0.2, -0.15) is 0 Å². The maximum Gasteiger partial charge on any atom is 0.0688 e. The van der Waals surface area contributed by atoms with Crippen LogP contribution in [0.1, 0.15) is 11.1 Å². The highest BCUT2D eigenvalue weighted by atomic mass is 16.3. The standard InChI is InChI=1S/C20H16O2/c21-11-13-5-7-17-18-8-6-14-3-1-2-4-16(14)20(18)10-15(12-22)19(17)9-13/h1-10,21-22H,11-12H2. The van der Waals surface area contributed by atoms with Gasteiger partial charge >= 0.3 is 0 Å². The molecule has 0 atom stereocenters. The molecule has 0 amide bonds. The molecular formula is C20H16O2. The third-order valence-corrected chi connectivity index (χ3v) is 4.36. The van der Waals surface area contributed by atoms with Crippen LogP contribution >= 0.6 is 0 Å². The molecule has 0 heterocycles. The molecule has 2 N–H and O–H groups in total. The molecule has 0 aliphatic rings. The molecule has 0 radical (unpaired) electrons. The van der Waals surface area contributed by atoms with Crippen LogP contribution in [0.3, 0.4) is 0 Å². The fourth-order valence-electron chi connectivity index (χ4n) is 3.26. The van der Waals surface area contributed by atoms with Crippen molar-refractivity contribution in [1.82, 2.24) is 0 Å². The minimum Gasteiger partial charge on any atom is -0.392 e. The molecule has 0 aromatic heterocycles. The maximum atomic E-state index is 9.77. The Balaban J connectivity index is 2.22. The van der Waals surface area contributed by atoms with Gasteiger partial charge in [-0.25, -0.2) is 0 Å². The van der Waals surface area contributed by atoms with Gasteiger partial charge < -0.3 is 10.2 Å². The Morgan fingerprint density at radius 1 is 0.591 bits per heavy atom. The average molecular weight is 288 g/mol. The second-order valence-electron chi connectivity index (χ2n) is 5.61. The molecule has 4 rings (SSSR count). The first-order chi connectivity index (χ1) is 10.8. The van der Waals surface area contributed by atoms with E-state index in [0.717, 1.165) is 27.3 Å². The van der Waals surface area contributed by atoms with Crippen LogP contribution in [-0.2, 0) is 13.2 Å². The Morgan fingerprint density at radius 2 is 1.36 bits per heavy atom. The minimum absolute atomic E-state index is 0.00938. The van der Waals surface area contributed by atoms with Gasteiger partial charge in [0.2, 0.25) is 0 Å². The van der Waals surface area contributed by atoms with Crippen LogP contribution in [0.15, 0.2) is 60.7 Å². The van der Waals surface area contributed by atoms with Crippen LogP contribution in [0.25, 0.3) is 32.3 Å². The van der Waals surface area contributed by atoms with E-state index < -0.39 is 0 Å². The summed E-state index contributed by atoms with van der Waals surface area (Å²) in [6.07, 6.45) is 0. The van der Waals surface area contributed by atoms with Gasteiger partial charge in [-0.1, -0.05) is 48.5 Å². The predicted octanol–water partition coefficient (Wildman–Crippen LogP) is 4.13. The van der Waals surface area contributed by atoms with Crippen LogP contribution in [0.2, 0.25) is 0 Å². The van der Waals surface area contributed by atoms with Crippen molar-refractivity contribution in [2.24, 2.45) is 0 Å². The predicted molar refractivity (Wildman–Crippen MR) is 90.8 cm³/mol. The van der Waals surface area contributed by atoms with Gasteiger partial charge in [-0.3, -0.25) is 0 Å². The van der Waals surface area contributed by atoms with Gasteiger partial charge in [0, 0.05) is 0 Å². The summed E-state index contributed by atoms with van der Waals surface area (Å²) in [5.41, 5.74) is 1.76. The van der Waals surface area contributed by atoms with Gasteiger partial charge in [-0.05, 0) is 55.6 Å². The Morgan fingerprint density at radius 3 is 2.18 bits per heavy atom. The molecule has 0 aliphatic carbocycles. The number of fused-ring (bicyclic) bond motifs is 5. The largest absolute Gasteiger partial charge is 0.392 e. The van der Waals surface area contributed by atoms with Crippen LogP contribution in [0, 0.1) is 0 Å². The number of hydrogen-bond donors (Lipinski definition) is 2. The smallest absolute Gasteiger partial charge is 0.0688 e. The normalized spacial score (nSPS) is 11.5. The summed E-state index contributed by atoms with van der Waals surface area (Å²) in [5.74, 6) is 0. The van der Waals surface area contributed by atoms with E-state index in [1.165, 1.54) is 16.2 Å². The lowest BCUT2D eigenvalue weighted by Gasteiger charge is -2.12. The van der Waals surface area contributed by atoms with E-state index in [9.17, 15) is 10.2 Å². The molecule has 0 unspecified atom stereocenters. The van der Waals surface area contributed by atoms with Crippen molar-refractivity contribution in [2.75, 3.05) is 0 Å². The van der Waals surface area contributed by atoms with Crippen molar-refractivity contribution in [1.29, 1.82) is 0 Å². The molecule has 0 spiro atoms.